The Balaban J connectivity index is 1.21. The third-order valence-corrected chi connectivity index (χ3v) is 7.13. The van der Waals surface area contributed by atoms with Gasteiger partial charge in [-0.25, -0.2) is 9.97 Å². The Hall–Kier alpha value is -3.94. The molecule has 1 aliphatic heterocycles. The van der Waals surface area contributed by atoms with Crippen molar-refractivity contribution in [3.63, 3.8) is 0 Å². The van der Waals surface area contributed by atoms with Crippen molar-refractivity contribution in [3.8, 4) is 5.75 Å². The lowest BCUT2D eigenvalue weighted by Crippen LogP contribution is -2.34. The maximum absolute atomic E-state index is 12.6. The summed E-state index contributed by atoms with van der Waals surface area (Å²) in [6, 6.07) is 5.66. The molecule has 3 aromatic rings. The van der Waals surface area contributed by atoms with Crippen LogP contribution < -0.4 is 15.8 Å². The first kappa shape index (κ1) is 25.7. The summed E-state index contributed by atoms with van der Waals surface area (Å²) in [6.07, 6.45) is -2.47. The number of ether oxygens (including phenoxy) is 1. The van der Waals surface area contributed by atoms with Gasteiger partial charge in [-0.3, -0.25) is 24.5 Å². The van der Waals surface area contributed by atoms with Crippen molar-refractivity contribution in [2.24, 2.45) is 37.6 Å². The van der Waals surface area contributed by atoms with E-state index < -0.39 is 12.3 Å². The monoisotopic (exact) mass is 532 g/mol. The van der Waals surface area contributed by atoms with E-state index in [-0.39, 0.29) is 36.3 Å². The molecule has 2 amide bonds. The maximum Gasteiger partial charge on any atom is 0.573 e. The lowest BCUT2D eigenvalue weighted by Gasteiger charge is -2.18. The number of piperidine rings is 1. The first-order valence-electron chi connectivity index (χ1n) is 12.0. The van der Waals surface area contributed by atoms with Crippen molar-refractivity contribution in [2.75, 3.05) is 25.0 Å². The number of anilines is 1. The van der Waals surface area contributed by atoms with Crippen LogP contribution in [-0.4, -0.2) is 67.0 Å². The molecule has 3 N–H and O–H groups in total. The van der Waals surface area contributed by atoms with Crippen molar-refractivity contribution < 1.29 is 27.5 Å². The summed E-state index contributed by atoms with van der Waals surface area (Å²) in [5, 5.41) is 6.73. The van der Waals surface area contributed by atoms with Crippen LogP contribution >= 0.6 is 0 Å². The van der Waals surface area contributed by atoms with E-state index in [4.69, 9.17) is 5.73 Å². The molecular formula is C24H27F3N8O3. The number of halogens is 3. The molecule has 5 rings (SSSR count). The van der Waals surface area contributed by atoms with Crippen molar-refractivity contribution in [1.29, 1.82) is 0 Å². The zero-order valence-corrected chi connectivity index (χ0v) is 20.8. The number of primary amides is 1. The summed E-state index contributed by atoms with van der Waals surface area (Å²) in [5.74, 6) is 0.762. The molecule has 11 nitrogen and oxygen atoms in total. The predicted molar refractivity (Wildman–Crippen MR) is 128 cm³/mol. The molecule has 2 atom stereocenters. The lowest BCUT2D eigenvalue weighted by molar-refractivity contribution is -0.274. The van der Waals surface area contributed by atoms with Gasteiger partial charge in [0.1, 0.15) is 23.6 Å². The molecule has 1 saturated heterocycles. The van der Waals surface area contributed by atoms with Crippen LogP contribution in [0.15, 0.2) is 30.6 Å². The molecule has 2 aliphatic rings. The number of hydrogen-bond acceptors (Lipinski definition) is 7. The average Bonchev–Trinajstić information content (AvgIpc) is 3.15. The molecule has 1 aromatic carbocycles. The van der Waals surface area contributed by atoms with Crippen LogP contribution in [0, 0.1) is 17.8 Å². The Morgan fingerprint density at radius 2 is 1.95 bits per heavy atom. The van der Waals surface area contributed by atoms with E-state index in [0.29, 0.717) is 41.3 Å². The third-order valence-electron chi connectivity index (χ3n) is 7.13. The van der Waals surface area contributed by atoms with E-state index in [1.165, 1.54) is 29.2 Å². The lowest BCUT2D eigenvalue weighted by atomic mass is 10.1. The summed E-state index contributed by atoms with van der Waals surface area (Å²) < 4.78 is 45.1. The fourth-order valence-electron chi connectivity index (χ4n) is 5.36. The SMILES string of the molecule is Cn1cnc(NC(=O)CN2CC3C(Cc4c(C(N)=O)nc(Cc5cccc(OC(F)(F)F)c5)n4C)C3C2)n1. The first-order chi connectivity index (χ1) is 18.0. The number of aromatic nitrogens is 5. The Labute approximate surface area is 215 Å². The zero-order valence-electron chi connectivity index (χ0n) is 20.8. The van der Waals surface area contributed by atoms with E-state index in [1.54, 1.807) is 24.7 Å². The van der Waals surface area contributed by atoms with E-state index in [1.807, 2.05) is 0 Å². The van der Waals surface area contributed by atoms with Crippen molar-refractivity contribution in [1.82, 2.24) is 29.2 Å². The highest BCUT2D eigenvalue weighted by atomic mass is 19.4. The number of nitrogens with zero attached hydrogens (tertiary/aromatic N) is 6. The molecule has 0 radical (unpaired) electrons. The molecule has 14 heteroatoms. The van der Waals surface area contributed by atoms with E-state index >= 15 is 0 Å². The standard InChI is InChI=1S/C24H27F3N8O3/c1-33-12-29-23(32-33)31-20(36)11-35-9-16-15(17(16)10-35)8-18-21(22(28)37)30-19(34(18)2)7-13-4-3-5-14(6-13)38-24(25,26)27/h3-6,12,15-17H,7-11H2,1-2H3,(H2,28,37)(H,31,32,36). The highest BCUT2D eigenvalue weighted by Gasteiger charge is 2.55. The van der Waals surface area contributed by atoms with Gasteiger partial charge in [0.15, 0.2) is 0 Å². The molecule has 38 heavy (non-hydrogen) atoms. The zero-order chi connectivity index (χ0) is 27.2. The third kappa shape index (κ3) is 5.64. The summed E-state index contributed by atoms with van der Waals surface area (Å²) in [7, 11) is 3.50. The summed E-state index contributed by atoms with van der Waals surface area (Å²) in [5.41, 5.74) is 7.05. The van der Waals surface area contributed by atoms with Crippen molar-refractivity contribution in [3.05, 3.63) is 53.4 Å². The van der Waals surface area contributed by atoms with Gasteiger partial charge in [-0.2, -0.15) is 0 Å². The van der Waals surface area contributed by atoms with Crippen LogP contribution in [0.2, 0.25) is 0 Å². The molecule has 2 unspecified atom stereocenters. The molecule has 2 fully saturated rings. The summed E-state index contributed by atoms with van der Waals surface area (Å²) in [4.78, 5) is 35.0. The highest BCUT2D eigenvalue weighted by molar-refractivity contribution is 5.92. The van der Waals surface area contributed by atoms with Gasteiger partial charge in [-0.15, -0.1) is 18.3 Å². The topological polar surface area (TPSA) is 133 Å². The van der Waals surface area contributed by atoms with Crippen LogP contribution in [-0.2, 0) is 31.7 Å². The molecule has 0 spiro atoms. The average molecular weight is 533 g/mol. The predicted octanol–water partition coefficient (Wildman–Crippen LogP) is 1.50. The number of likely N-dealkylation sites (tertiary alicyclic amines) is 1. The highest BCUT2D eigenvalue weighted by Crippen LogP contribution is 2.53. The van der Waals surface area contributed by atoms with Gasteiger partial charge in [0, 0.05) is 33.6 Å². The fourth-order valence-corrected chi connectivity index (χ4v) is 5.36. The summed E-state index contributed by atoms with van der Waals surface area (Å²) in [6.45, 7) is 1.78. The largest absolute Gasteiger partial charge is 0.573 e. The van der Waals surface area contributed by atoms with Crippen LogP contribution in [0.25, 0.3) is 0 Å². The van der Waals surface area contributed by atoms with Gasteiger partial charge in [0.2, 0.25) is 11.9 Å². The van der Waals surface area contributed by atoms with E-state index in [2.05, 4.69) is 30.0 Å². The number of rotatable bonds is 9. The molecule has 2 aromatic heterocycles. The minimum absolute atomic E-state index is 0.175. The second kappa shape index (κ2) is 9.74. The number of hydrogen-bond donors (Lipinski definition) is 2. The van der Waals surface area contributed by atoms with Gasteiger partial charge in [0.25, 0.3) is 5.91 Å². The van der Waals surface area contributed by atoms with Gasteiger partial charge in [-0.1, -0.05) is 12.1 Å². The van der Waals surface area contributed by atoms with Gasteiger partial charge in [0.05, 0.1) is 12.2 Å². The van der Waals surface area contributed by atoms with Crippen molar-refractivity contribution in [2.45, 2.75) is 19.2 Å². The van der Waals surface area contributed by atoms with Crippen LogP contribution in [0.5, 0.6) is 5.75 Å². The quantitative estimate of drug-likeness (QED) is 0.427. The number of carbonyl (C=O) groups is 2. The Morgan fingerprint density at radius 3 is 2.58 bits per heavy atom. The van der Waals surface area contributed by atoms with E-state index in [9.17, 15) is 22.8 Å². The number of benzene rings is 1. The number of nitrogens with one attached hydrogen (secondary N) is 1. The maximum atomic E-state index is 12.6. The smallest absolute Gasteiger partial charge is 0.406 e. The Bertz CT molecular complexity index is 1360. The fraction of sp³-hybridized carbons (Fsp3) is 0.458. The van der Waals surface area contributed by atoms with Gasteiger partial charge >= 0.3 is 6.36 Å². The molecular weight excluding hydrogens is 505 g/mol. The number of imidazole rings is 1. The Kier molecular flexibility index (Phi) is 6.59. The van der Waals surface area contributed by atoms with Crippen LogP contribution in [0.1, 0.15) is 27.6 Å². The van der Waals surface area contributed by atoms with Crippen LogP contribution in [0.3, 0.4) is 0 Å². The number of alkyl halides is 3. The number of fused-ring (bicyclic) bond motifs is 1. The van der Waals surface area contributed by atoms with E-state index in [0.717, 1.165) is 13.1 Å². The number of carbonyl (C=O) groups excluding carboxylic acids is 2. The minimum atomic E-state index is -4.79. The molecule has 1 saturated carbocycles. The minimum Gasteiger partial charge on any atom is -0.406 e. The van der Waals surface area contributed by atoms with Crippen LogP contribution in [0.4, 0.5) is 19.1 Å². The second-order valence-corrected chi connectivity index (χ2v) is 9.80. The number of amides is 2. The molecule has 202 valence electrons. The first-order valence-corrected chi connectivity index (χ1v) is 12.0. The number of aryl methyl sites for hydroxylation is 1. The normalized spacial score (nSPS) is 20.8. The van der Waals surface area contributed by atoms with Gasteiger partial charge in [-0.05, 0) is 41.9 Å². The van der Waals surface area contributed by atoms with Gasteiger partial charge < -0.3 is 15.0 Å². The molecule has 0 bridgehead atoms. The molecule has 1 aliphatic carbocycles. The molecule has 3 heterocycles. The summed E-state index contributed by atoms with van der Waals surface area (Å²) >= 11 is 0. The Morgan fingerprint density at radius 1 is 1.21 bits per heavy atom. The second-order valence-electron chi connectivity index (χ2n) is 9.80. The number of nitrogens with two attached hydrogens (primary N) is 1. The van der Waals surface area contributed by atoms with Crippen molar-refractivity contribution >= 4 is 17.8 Å².